The van der Waals surface area contributed by atoms with Crippen LogP contribution in [0.5, 0.6) is 11.5 Å². The third-order valence-corrected chi connectivity index (χ3v) is 1.86. The lowest BCUT2D eigenvalue weighted by molar-refractivity contribution is 0.101. The van der Waals surface area contributed by atoms with Crippen molar-refractivity contribution in [2.45, 2.75) is 13.8 Å². The molecular weight excluding hydrogens is 168 g/mol. The number of aryl methyl sites for hydroxylation is 1. The van der Waals surface area contributed by atoms with Crippen LogP contribution < -0.4 is 4.74 Å². The highest BCUT2D eigenvalue weighted by molar-refractivity contribution is 5.98. The molecule has 0 aliphatic carbocycles. The van der Waals surface area contributed by atoms with Gasteiger partial charge in [0, 0.05) is 6.07 Å². The molecule has 0 fully saturated rings. The molecule has 1 N–H and O–H groups in total. The fourth-order valence-corrected chi connectivity index (χ4v) is 1.35. The van der Waals surface area contributed by atoms with Crippen molar-refractivity contribution < 1.29 is 14.6 Å². The SMILES string of the molecule is COc1cc(O)cc(C)c1C(C)=O. The second-order valence-electron chi connectivity index (χ2n) is 2.90. The third-order valence-electron chi connectivity index (χ3n) is 1.86. The summed E-state index contributed by atoms with van der Waals surface area (Å²) in [6, 6.07) is 2.98. The highest BCUT2D eigenvalue weighted by Gasteiger charge is 2.12. The summed E-state index contributed by atoms with van der Waals surface area (Å²) >= 11 is 0. The summed E-state index contributed by atoms with van der Waals surface area (Å²) in [7, 11) is 1.47. The lowest BCUT2D eigenvalue weighted by atomic mass is 10.0. The predicted molar refractivity (Wildman–Crippen MR) is 49.4 cm³/mol. The number of phenols is 1. The minimum Gasteiger partial charge on any atom is -0.508 e. The second-order valence-corrected chi connectivity index (χ2v) is 2.90. The summed E-state index contributed by atoms with van der Waals surface area (Å²) in [6.07, 6.45) is 0. The molecule has 0 saturated carbocycles. The number of carbonyl (C=O) groups excluding carboxylic acids is 1. The topological polar surface area (TPSA) is 46.5 Å². The Morgan fingerprint density at radius 3 is 2.54 bits per heavy atom. The maximum Gasteiger partial charge on any atom is 0.163 e. The Morgan fingerprint density at radius 2 is 2.08 bits per heavy atom. The molecule has 3 nitrogen and oxygen atoms in total. The molecule has 0 unspecified atom stereocenters. The van der Waals surface area contributed by atoms with Crippen LogP contribution in [-0.4, -0.2) is 18.0 Å². The van der Waals surface area contributed by atoms with Crippen LogP contribution in [0.25, 0.3) is 0 Å². The summed E-state index contributed by atoms with van der Waals surface area (Å²) < 4.78 is 4.99. The first-order valence-corrected chi connectivity index (χ1v) is 3.94. The number of benzene rings is 1. The number of ether oxygens (including phenoxy) is 1. The maximum absolute atomic E-state index is 11.2. The number of carbonyl (C=O) groups is 1. The maximum atomic E-state index is 11.2. The molecule has 13 heavy (non-hydrogen) atoms. The molecule has 70 valence electrons. The molecule has 0 saturated heterocycles. The number of Topliss-reactive ketones (excluding diaryl/α,β-unsaturated/α-hetero) is 1. The van der Waals surface area contributed by atoms with Gasteiger partial charge in [-0.25, -0.2) is 0 Å². The van der Waals surface area contributed by atoms with Crippen molar-refractivity contribution in [2.75, 3.05) is 7.11 Å². The van der Waals surface area contributed by atoms with E-state index < -0.39 is 0 Å². The summed E-state index contributed by atoms with van der Waals surface area (Å²) in [5.41, 5.74) is 1.25. The molecule has 0 aliphatic heterocycles. The minimum absolute atomic E-state index is 0.0608. The molecule has 1 aromatic carbocycles. The van der Waals surface area contributed by atoms with Crippen molar-refractivity contribution in [2.24, 2.45) is 0 Å². The van der Waals surface area contributed by atoms with Crippen LogP contribution in [0.3, 0.4) is 0 Å². The summed E-state index contributed by atoms with van der Waals surface area (Å²) in [5.74, 6) is 0.471. The summed E-state index contributed by atoms with van der Waals surface area (Å²) in [4.78, 5) is 11.2. The first-order valence-electron chi connectivity index (χ1n) is 3.94. The van der Waals surface area contributed by atoms with Crippen LogP contribution in [0.2, 0.25) is 0 Å². The Kier molecular flexibility index (Phi) is 2.56. The molecule has 3 heteroatoms. The number of methoxy groups -OCH3 is 1. The van der Waals surface area contributed by atoms with E-state index in [1.54, 1.807) is 13.0 Å². The van der Waals surface area contributed by atoms with Gasteiger partial charge in [-0.05, 0) is 25.5 Å². The van der Waals surface area contributed by atoms with Crippen LogP contribution in [0, 0.1) is 6.92 Å². The van der Waals surface area contributed by atoms with Gasteiger partial charge in [0.05, 0.1) is 12.7 Å². The molecule has 0 aliphatic rings. The van der Waals surface area contributed by atoms with Crippen LogP contribution in [0.4, 0.5) is 0 Å². The molecule has 1 aromatic rings. The average molecular weight is 180 g/mol. The number of rotatable bonds is 2. The standard InChI is InChI=1S/C10H12O3/c1-6-4-8(12)5-9(13-3)10(6)7(2)11/h4-5,12H,1-3H3. The smallest absolute Gasteiger partial charge is 0.163 e. The minimum atomic E-state index is -0.0608. The van der Waals surface area contributed by atoms with Gasteiger partial charge in [-0.2, -0.15) is 0 Å². The molecule has 0 bridgehead atoms. The Labute approximate surface area is 77.0 Å². The monoisotopic (exact) mass is 180 g/mol. The van der Waals surface area contributed by atoms with Crippen LogP contribution >= 0.6 is 0 Å². The highest BCUT2D eigenvalue weighted by atomic mass is 16.5. The Bertz CT molecular complexity index is 342. The quantitative estimate of drug-likeness (QED) is 0.707. The van der Waals surface area contributed by atoms with E-state index in [4.69, 9.17) is 4.74 Å². The van der Waals surface area contributed by atoms with Gasteiger partial charge in [-0.3, -0.25) is 4.79 Å². The summed E-state index contributed by atoms with van der Waals surface area (Å²) in [6.45, 7) is 3.24. The Balaban J connectivity index is 3.38. The van der Waals surface area contributed by atoms with Crippen molar-refractivity contribution in [3.8, 4) is 11.5 Å². The number of phenolic OH excluding ortho intramolecular Hbond substituents is 1. The number of hydrogen-bond acceptors (Lipinski definition) is 3. The van der Waals surface area contributed by atoms with E-state index in [0.29, 0.717) is 11.3 Å². The zero-order chi connectivity index (χ0) is 10.0. The zero-order valence-corrected chi connectivity index (χ0v) is 7.92. The van der Waals surface area contributed by atoms with E-state index in [9.17, 15) is 9.90 Å². The van der Waals surface area contributed by atoms with Gasteiger partial charge < -0.3 is 9.84 Å². The fraction of sp³-hybridized carbons (Fsp3) is 0.300. The largest absolute Gasteiger partial charge is 0.508 e. The first kappa shape index (κ1) is 9.58. The molecule has 0 heterocycles. The van der Waals surface area contributed by atoms with Gasteiger partial charge in [0.15, 0.2) is 5.78 Å². The van der Waals surface area contributed by atoms with E-state index in [1.807, 2.05) is 0 Å². The van der Waals surface area contributed by atoms with Crippen molar-refractivity contribution in [3.05, 3.63) is 23.3 Å². The van der Waals surface area contributed by atoms with Gasteiger partial charge in [0.1, 0.15) is 11.5 Å². The molecule has 0 amide bonds. The van der Waals surface area contributed by atoms with Crippen molar-refractivity contribution in [3.63, 3.8) is 0 Å². The number of hydrogen-bond donors (Lipinski definition) is 1. The highest BCUT2D eigenvalue weighted by Crippen LogP contribution is 2.27. The lowest BCUT2D eigenvalue weighted by Crippen LogP contribution is -2.00. The number of aromatic hydroxyl groups is 1. The molecule has 0 aromatic heterocycles. The Hall–Kier alpha value is -1.51. The van der Waals surface area contributed by atoms with Gasteiger partial charge in [0.2, 0.25) is 0 Å². The molecule has 1 rings (SSSR count). The number of ketones is 1. The normalized spacial score (nSPS) is 9.77. The average Bonchev–Trinajstić information content (AvgIpc) is 2.01. The summed E-state index contributed by atoms with van der Waals surface area (Å²) in [5, 5.41) is 9.24. The van der Waals surface area contributed by atoms with E-state index in [0.717, 1.165) is 5.56 Å². The first-order chi connectivity index (χ1) is 6.06. The van der Waals surface area contributed by atoms with Crippen molar-refractivity contribution in [1.82, 2.24) is 0 Å². The van der Waals surface area contributed by atoms with Gasteiger partial charge in [-0.15, -0.1) is 0 Å². The lowest BCUT2D eigenvalue weighted by Gasteiger charge is -2.09. The Morgan fingerprint density at radius 1 is 1.46 bits per heavy atom. The second kappa shape index (κ2) is 3.47. The van der Waals surface area contributed by atoms with Crippen LogP contribution in [0.1, 0.15) is 22.8 Å². The van der Waals surface area contributed by atoms with Gasteiger partial charge >= 0.3 is 0 Å². The van der Waals surface area contributed by atoms with Crippen LogP contribution in [0.15, 0.2) is 12.1 Å². The van der Waals surface area contributed by atoms with Gasteiger partial charge in [0.25, 0.3) is 0 Å². The van der Waals surface area contributed by atoms with E-state index in [-0.39, 0.29) is 11.5 Å². The molecular formula is C10H12O3. The predicted octanol–water partition coefficient (Wildman–Crippen LogP) is 1.91. The third kappa shape index (κ3) is 1.80. The van der Waals surface area contributed by atoms with E-state index in [1.165, 1.54) is 20.1 Å². The zero-order valence-electron chi connectivity index (χ0n) is 7.92. The van der Waals surface area contributed by atoms with E-state index >= 15 is 0 Å². The van der Waals surface area contributed by atoms with Gasteiger partial charge in [-0.1, -0.05) is 0 Å². The molecule has 0 radical (unpaired) electrons. The van der Waals surface area contributed by atoms with Crippen molar-refractivity contribution >= 4 is 5.78 Å². The van der Waals surface area contributed by atoms with Crippen LogP contribution in [-0.2, 0) is 0 Å². The molecule has 0 spiro atoms. The fourth-order valence-electron chi connectivity index (χ4n) is 1.35. The van der Waals surface area contributed by atoms with E-state index in [2.05, 4.69) is 0 Å². The van der Waals surface area contributed by atoms with Crippen molar-refractivity contribution in [1.29, 1.82) is 0 Å². The molecule has 0 atom stereocenters.